The van der Waals surface area contributed by atoms with Gasteiger partial charge in [0, 0.05) is 47.3 Å². The third-order valence-electron chi connectivity index (χ3n) is 18.1. The first-order valence-electron chi connectivity index (χ1n) is 22.0. The van der Waals surface area contributed by atoms with Gasteiger partial charge in [-0.3, -0.25) is 28.8 Å². The van der Waals surface area contributed by atoms with Crippen molar-refractivity contribution in [1.82, 2.24) is 0 Å². The number of allylic oxidation sites excluding steroid dienone is 8. The molecule has 8 aliphatic rings. The van der Waals surface area contributed by atoms with E-state index in [1.165, 1.54) is 38.2 Å². The lowest BCUT2D eigenvalue weighted by Crippen LogP contribution is -2.69. The number of carbonyl (C=O) groups excluding carboxylic acids is 6. The molecule has 0 unspecified atom stereocenters. The molecule has 65 heavy (non-hydrogen) atoms. The summed E-state index contributed by atoms with van der Waals surface area (Å²) in [4.78, 5) is 72.3. The summed E-state index contributed by atoms with van der Waals surface area (Å²) in [5, 5.41) is 45.8. The van der Waals surface area contributed by atoms with Gasteiger partial charge in [0.15, 0.2) is 36.1 Å². The predicted molar refractivity (Wildman–Crippen MR) is 230 cm³/mol. The van der Waals surface area contributed by atoms with Crippen molar-refractivity contribution in [1.29, 1.82) is 0 Å². The van der Waals surface area contributed by atoms with Crippen LogP contribution in [0.4, 0.5) is 8.78 Å². The van der Waals surface area contributed by atoms with Crippen LogP contribution in [0.1, 0.15) is 107 Å². The van der Waals surface area contributed by atoms with Gasteiger partial charge in [0.05, 0.1) is 12.2 Å². The second-order valence-electron chi connectivity index (χ2n) is 20.7. The van der Waals surface area contributed by atoms with E-state index in [0.29, 0.717) is 49.7 Å². The Bertz CT molecular complexity index is 1970. The molecule has 0 aliphatic heterocycles. The molecule has 0 aromatic heterocycles. The maximum absolute atomic E-state index is 17.0. The van der Waals surface area contributed by atoms with E-state index in [4.69, 9.17) is 9.47 Å². The monoisotopic (exact) mass is 922 g/mol. The zero-order valence-corrected chi connectivity index (χ0v) is 38.5. The quantitative estimate of drug-likeness (QED) is 0.280. The van der Waals surface area contributed by atoms with Crippen LogP contribution in [0.2, 0.25) is 0 Å². The number of Topliss-reactive ketones (excluding diaryl/α,β-unsaturated/α-hetero) is 2. The van der Waals surface area contributed by atoms with Crippen LogP contribution < -0.4 is 0 Å². The van der Waals surface area contributed by atoms with E-state index in [2.05, 4.69) is 0 Å². The second-order valence-corrected chi connectivity index (χ2v) is 20.7. The molecule has 0 spiro atoms. The Morgan fingerprint density at radius 2 is 0.954 bits per heavy atom. The standard InChI is InChI=1S/2C24H31FO6.3H2O/c2*1-13-9-18-17-6-5-15-10-16(27)7-8-21(15,3)23(17,25)19(28)11-22(18,4)24(13,30)20(29)12-31-14(2)26;;;/h2*7-8,10,13,17-19,28,30H,5-6,9,11-12H2,1-4H3;3*1H2/t2*13-,17+,18+,19+,21+,22+,23+,24+;;;/m11.../s1. The van der Waals surface area contributed by atoms with Gasteiger partial charge in [-0.05, 0) is 113 Å². The molecule has 0 amide bonds. The van der Waals surface area contributed by atoms with Crippen LogP contribution in [0.3, 0.4) is 0 Å². The molecule has 8 rings (SSSR count). The smallest absolute Gasteiger partial charge is 0.303 e. The average Bonchev–Trinajstić information content (AvgIpc) is 3.52. The molecule has 6 fully saturated rings. The number of ketones is 4. The van der Waals surface area contributed by atoms with Crippen molar-refractivity contribution in [2.24, 2.45) is 57.2 Å². The van der Waals surface area contributed by atoms with Gasteiger partial charge in [-0.2, -0.15) is 0 Å². The molecule has 15 nitrogen and oxygen atoms in total. The summed E-state index contributed by atoms with van der Waals surface area (Å²) in [7, 11) is 0. The number of hydrogen-bond acceptors (Lipinski definition) is 12. The van der Waals surface area contributed by atoms with Gasteiger partial charge in [0.2, 0.25) is 11.6 Å². The molecule has 0 heterocycles. The third kappa shape index (κ3) is 7.03. The number of halogens is 2. The highest BCUT2D eigenvalue weighted by molar-refractivity contribution is 6.02. The highest BCUT2D eigenvalue weighted by Crippen LogP contribution is 2.72. The molecule has 0 aromatic rings. The van der Waals surface area contributed by atoms with E-state index in [0.717, 1.165) is 0 Å². The molecule has 6 saturated carbocycles. The normalized spacial score (nSPS) is 46.1. The Balaban J connectivity index is 0.000000272. The van der Waals surface area contributed by atoms with E-state index in [9.17, 15) is 49.2 Å². The fraction of sp³-hybridized carbons (Fsp3) is 0.708. The van der Waals surface area contributed by atoms with Crippen LogP contribution in [0, 0.1) is 57.2 Å². The lowest BCUT2D eigenvalue weighted by molar-refractivity contribution is -0.219. The van der Waals surface area contributed by atoms with E-state index < -0.39 is 117 Å². The summed E-state index contributed by atoms with van der Waals surface area (Å²) < 4.78 is 43.8. The first-order valence-corrected chi connectivity index (χ1v) is 22.0. The molecule has 8 aliphatic carbocycles. The largest absolute Gasteiger partial charge is 0.458 e. The van der Waals surface area contributed by atoms with Crippen LogP contribution in [-0.4, -0.2) is 120 Å². The molecule has 364 valence electrons. The van der Waals surface area contributed by atoms with E-state index >= 15 is 8.78 Å². The number of carbonyl (C=O) groups is 6. The minimum atomic E-state index is -2.01. The fourth-order valence-electron chi connectivity index (χ4n) is 14.8. The van der Waals surface area contributed by atoms with Crippen LogP contribution in [0.25, 0.3) is 0 Å². The summed E-state index contributed by atoms with van der Waals surface area (Å²) >= 11 is 0. The zero-order chi connectivity index (χ0) is 46.0. The number of ether oxygens (including phenoxy) is 2. The SMILES string of the molecule is CC(=O)OCC(=O)[C@@]1(O)[C@H](C)C[C@H]2[C@@H]3CCC4=CC(=O)C=C[C@]4(C)[C@@]3(F)[C@@H](O)C[C@@]21C.CC(=O)OCC(=O)[C@@]1(O)[C@H](C)C[C@H]2[C@@H]3CCC4=CC(=O)C=C[C@]4(C)[C@@]3(F)[C@@H](O)C[C@@]21C.O.O.O. The number of aliphatic hydroxyl groups excluding tert-OH is 2. The van der Waals surface area contributed by atoms with Gasteiger partial charge in [-0.1, -0.05) is 51.0 Å². The van der Waals surface area contributed by atoms with Gasteiger partial charge in [-0.15, -0.1) is 0 Å². The van der Waals surface area contributed by atoms with Crippen molar-refractivity contribution >= 4 is 35.1 Å². The summed E-state index contributed by atoms with van der Waals surface area (Å²) in [6.45, 7) is 11.8. The highest BCUT2D eigenvalue weighted by Gasteiger charge is 2.77. The third-order valence-corrected chi connectivity index (χ3v) is 18.1. The van der Waals surface area contributed by atoms with Crippen molar-refractivity contribution in [3.63, 3.8) is 0 Å². The Morgan fingerprint density at radius 3 is 1.26 bits per heavy atom. The zero-order valence-electron chi connectivity index (χ0n) is 38.5. The Kier molecular flexibility index (Phi) is 14.4. The summed E-state index contributed by atoms with van der Waals surface area (Å²) in [5.41, 5.74) is -10.7. The number of alkyl halides is 2. The van der Waals surface area contributed by atoms with E-state index in [-0.39, 0.29) is 52.7 Å². The van der Waals surface area contributed by atoms with Gasteiger partial charge < -0.3 is 46.3 Å². The summed E-state index contributed by atoms with van der Waals surface area (Å²) in [6, 6.07) is 0. The van der Waals surface area contributed by atoms with Gasteiger partial charge in [0.1, 0.15) is 11.2 Å². The average molecular weight is 923 g/mol. The Hall–Kier alpha value is -3.84. The van der Waals surface area contributed by atoms with Crippen LogP contribution in [-0.2, 0) is 38.2 Å². The van der Waals surface area contributed by atoms with Crippen molar-refractivity contribution in [2.45, 2.75) is 142 Å². The Morgan fingerprint density at radius 1 is 0.631 bits per heavy atom. The lowest BCUT2D eigenvalue weighted by atomic mass is 9.44. The second kappa shape index (κ2) is 17.4. The number of esters is 2. The van der Waals surface area contributed by atoms with Crippen LogP contribution in [0.15, 0.2) is 47.6 Å². The van der Waals surface area contributed by atoms with Gasteiger partial charge in [-0.25, -0.2) is 8.78 Å². The first-order chi connectivity index (χ1) is 28.6. The van der Waals surface area contributed by atoms with Crippen LogP contribution >= 0.6 is 0 Å². The summed E-state index contributed by atoms with van der Waals surface area (Å²) in [5.74, 6) is -5.61. The van der Waals surface area contributed by atoms with Crippen molar-refractivity contribution in [3.05, 3.63) is 47.6 Å². The van der Waals surface area contributed by atoms with E-state index in [1.807, 2.05) is 0 Å². The highest BCUT2D eigenvalue weighted by atomic mass is 19.1. The minimum Gasteiger partial charge on any atom is -0.458 e. The molecule has 0 radical (unpaired) electrons. The van der Waals surface area contributed by atoms with Crippen molar-refractivity contribution in [3.8, 4) is 0 Å². The number of rotatable bonds is 6. The van der Waals surface area contributed by atoms with Crippen molar-refractivity contribution < 1.29 is 83.9 Å². The topological polar surface area (TPSA) is 296 Å². The minimum absolute atomic E-state index is 0. The molecular weight excluding hydrogens is 855 g/mol. The van der Waals surface area contributed by atoms with E-state index in [1.54, 1.807) is 53.7 Å². The fourth-order valence-corrected chi connectivity index (χ4v) is 14.8. The molecule has 0 saturated heterocycles. The lowest BCUT2D eigenvalue weighted by Gasteiger charge is -2.62. The maximum atomic E-state index is 17.0. The predicted octanol–water partition coefficient (Wildman–Crippen LogP) is 2.46. The first kappa shape index (κ1) is 53.8. The van der Waals surface area contributed by atoms with Crippen molar-refractivity contribution in [2.75, 3.05) is 13.2 Å². The maximum Gasteiger partial charge on any atom is 0.303 e. The Labute approximate surface area is 377 Å². The molecule has 17 heteroatoms. The molecule has 0 aromatic carbocycles. The van der Waals surface area contributed by atoms with Gasteiger partial charge >= 0.3 is 11.9 Å². The molecular formula is C48H68F2O15. The van der Waals surface area contributed by atoms with Crippen LogP contribution in [0.5, 0.6) is 0 Å². The molecule has 16 atom stereocenters. The molecule has 10 N–H and O–H groups in total. The molecule has 0 bridgehead atoms. The van der Waals surface area contributed by atoms with Gasteiger partial charge in [0.25, 0.3) is 0 Å². The number of aliphatic hydroxyl groups is 4. The number of hydrogen-bond donors (Lipinski definition) is 4. The summed E-state index contributed by atoms with van der Waals surface area (Å²) in [6.07, 6.45) is 8.58. The number of fused-ring (bicyclic) bond motifs is 10.